The first-order valence-corrected chi connectivity index (χ1v) is 3.36. The van der Waals surface area contributed by atoms with Crippen LogP contribution in [-0.4, -0.2) is 11.6 Å². The molecule has 0 saturated carbocycles. The van der Waals surface area contributed by atoms with E-state index in [2.05, 4.69) is 4.98 Å². The van der Waals surface area contributed by atoms with Gasteiger partial charge in [-0.1, -0.05) is 0 Å². The molecule has 1 rings (SSSR count). The van der Waals surface area contributed by atoms with Gasteiger partial charge in [0.25, 0.3) is 0 Å². The van der Waals surface area contributed by atoms with Gasteiger partial charge in [0.2, 0.25) is 5.88 Å². The van der Waals surface area contributed by atoms with Crippen LogP contribution in [0.2, 0.25) is 0 Å². The zero-order valence-corrected chi connectivity index (χ0v) is 6.24. The lowest BCUT2D eigenvalue weighted by molar-refractivity contribution is 0.326. The van der Waals surface area contributed by atoms with Crippen molar-refractivity contribution >= 4 is 0 Å². The summed E-state index contributed by atoms with van der Waals surface area (Å²) in [7, 11) is 0. The van der Waals surface area contributed by atoms with Gasteiger partial charge in [-0.05, 0) is 19.1 Å². The van der Waals surface area contributed by atoms with Gasteiger partial charge in [-0.25, -0.2) is 4.98 Å². The van der Waals surface area contributed by atoms with Crippen molar-refractivity contribution in [1.29, 1.82) is 5.26 Å². The number of nitrogens with zero attached hydrogens (tertiary/aromatic N) is 2. The summed E-state index contributed by atoms with van der Waals surface area (Å²) in [6.07, 6.45) is 1.60. The van der Waals surface area contributed by atoms with Gasteiger partial charge < -0.3 is 4.74 Å². The average Bonchev–Trinajstić information content (AvgIpc) is 2.06. The van der Waals surface area contributed by atoms with Crippen molar-refractivity contribution in [3.8, 4) is 11.9 Å². The van der Waals surface area contributed by atoms with E-state index >= 15 is 0 Å². The molecule has 3 nitrogen and oxygen atoms in total. The third kappa shape index (κ3) is 1.68. The average molecular weight is 148 g/mol. The van der Waals surface area contributed by atoms with E-state index in [1.165, 1.54) is 0 Å². The second kappa shape index (κ2) is 3.57. The van der Waals surface area contributed by atoms with E-state index in [9.17, 15) is 0 Å². The van der Waals surface area contributed by atoms with Crippen LogP contribution in [0.15, 0.2) is 18.3 Å². The highest BCUT2D eigenvalue weighted by atomic mass is 16.5. The first kappa shape index (κ1) is 7.55. The normalized spacial score (nSPS) is 8.73. The maximum absolute atomic E-state index is 8.58. The number of pyridine rings is 1. The summed E-state index contributed by atoms with van der Waals surface area (Å²) in [5.41, 5.74) is 0.481. The molecule has 0 N–H and O–H groups in total. The molecular weight excluding hydrogens is 140 g/mol. The number of aromatic nitrogens is 1. The smallest absolute Gasteiger partial charge is 0.231 e. The van der Waals surface area contributed by atoms with E-state index in [1.54, 1.807) is 18.3 Å². The molecule has 1 aromatic heterocycles. The van der Waals surface area contributed by atoms with Crippen LogP contribution in [0.4, 0.5) is 0 Å². The van der Waals surface area contributed by atoms with Crippen molar-refractivity contribution in [3.63, 3.8) is 0 Å². The first-order chi connectivity index (χ1) is 5.38. The topological polar surface area (TPSA) is 45.9 Å². The molecule has 0 spiro atoms. The fourth-order valence-corrected chi connectivity index (χ4v) is 0.728. The highest BCUT2D eigenvalue weighted by molar-refractivity contribution is 5.36. The fourth-order valence-electron chi connectivity index (χ4n) is 0.728. The van der Waals surface area contributed by atoms with Crippen LogP contribution in [0.3, 0.4) is 0 Å². The molecule has 0 aliphatic carbocycles. The Kier molecular flexibility index (Phi) is 2.45. The van der Waals surface area contributed by atoms with Gasteiger partial charge in [0.1, 0.15) is 11.6 Å². The lowest BCUT2D eigenvalue weighted by Crippen LogP contribution is -1.96. The number of rotatable bonds is 2. The fraction of sp³-hybridized carbons (Fsp3) is 0.250. The summed E-state index contributed by atoms with van der Waals surface area (Å²) in [5.74, 6) is 0.414. The maximum Gasteiger partial charge on any atom is 0.231 e. The van der Waals surface area contributed by atoms with Crippen LogP contribution >= 0.6 is 0 Å². The lowest BCUT2D eigenvalue weighted by atomic mass is 10.3. The molecule has 0 aliphatic rings. The summed E-state index contributed by atoms with van der Waals surface area (Å²) in [6.45, 7) is 2.39. The summed E-state index contributed by atoms with van der Waals surface area (Å²) in [5, 5.41) is 8.58. The molecule has 56 valence electrons. The second-order valence-electron chi connectivity index (χ2n) is 1.90. The van der Waals surface area contributed by atoms with Crippen molar-refractivity contribution < 1.29 is 4.74 Å². The van der Waals surface area contributed by atoms with Gasteiger partial charge in [0, 0.05) is 6.20 Å². The van der Waals surface area contributed by atoms with Gasteiger partial charge in [-0.3, -0.25) is 0 Å². The van der Waals surface area contributed by atoms with Crippen molar-refractivity contribution in [3.05, 3.63) is 23.9 Å². The van der Waals surface area contributed by atoms with Crippen molar-refractivity contribution in [2.45, 2.75) is 6.92 Å². The van der Waals surface area contributed by atoms with Gasteiger partial charge in [0.05, 0.1) is 6.61 Å². The van der Waals surface area contributed by atoms with Crippen molar-refractivity contribution in [2.24, 2.45) is 0 Å². The highest BCUT2D eigenvalue weighted by Crippen LogP contribution is 2.11. The SMILES string of the molecule is CCOc1ncccc1C#N. The Balaban J connectivity index is 2.95. The predicted octanol–water partition coefficient (Wildman–Crippen LogP) is 1.35. The Morgan fingerprint density at radius 2 is 2.55 bits per heavy atom. The third-order valence-corrected chi connectivity index (χ3v) is 1.17. The van der Waals surface area contributed by atoms with Gasteiger partial charge in [0.15, 0.2) is 0 Å². The Hall–Kier alpha value is -1.56. The third-order valence-electron chi connectivity index (χ3n) is 1.17. The molecule has 0 atom stereocenters. The van der Waals surface area contributed by atoms with Gasteiger partial charge in [-0.2, -0.15) is 5.26 Å². The predicted molar refractivity (Wildman–Crippen MR) is 40.1 cm³/mol. The quantitative estimate of drug-likeness (QED) is 0.636. The summed E-state index contributed by atoms with van der Waals surface area (Å²) in [4.78, 5) is 3.89. The minimum atomic E-state index is 0.414. The number of hydrogen-bond donors (Lipinski definition) is 0. The highest BCUT2D eigenvalue weighted by Gasteiger charge is 2.00. The number of nitriles is 1. The molecule has 0 aromatic carbocycles. The monoisotopic (exact) mass is 148 g/mol. The van der Waals surface area contributed by atoms with Gasteiger partial charge in [-0.15, -0.1) is 0 Å². The van der Waals surface area contributed by atoms with E-state index in [1.807, 2.05) is 13.0 Å². The zero-order chi connectivity index (χ0) is 8.10. The summed E-state index contributed by atoms with van der Waals surface area (Å²) in [6, 6.07) is 5.38. The van der Waals surface area contributed by atoms with Crippen LogP contribution < -0.4 is 4.74 Å². The van der Waals surface area contributed by atoms with Crippen LogP contribution in [-0.2, 0) is 0 Å². The molecule has 1 aromatic rings. The molecule has 0 saturated heterocycles. The molecule has 0 unspecified atom stereocenters. The second-order valence-corrected chi connectivity index (χ2v) is 1.90. The minimum absolute atomic E-state index is 0.414. The largest absolute Gasteiger partial charge is 0.477 e. The Morgan fingerprint density at radius 1 is 1.73 bits per heavy atom. The molecule has 0 radical (unpaired) electrons. The van der Waals surface area contributed by atoms with E-state index in [0.29, 0.717) is 18.1 Å². The van der Waals surface area contributed by atoms with E-state index in [4.69, 9.17) is 10.00 Å². The van der Waals surface area contributed by atoms with Gasteiger partial charge >= 0.3 is 0 Å². The Bertz CT molecular complexity index is 278. The van der Waals surface area contributed by atoms with Crippen LogP contribution in [0.5, 0.6) is 5.88 Å². The molecule has 11 heavy (non-hydrogen) atoms. The van der Waals surface area contributed by atoms with E-state index < -0.39 is 0 Å². The first-order valence-electron chi connectivity index (χ1n) is 3.36. The number of hydrogen-bond acceptors (Lipinski definition) is 3. The standard InChI is InChI=1S/C8H8N2O/c1-2-11-8-7(6-9)4-3-5-10-8/h3-5H,2H2,1H3. The van der Waals surface area contributed by atoms with Crippen molar-refractivity contribution in [2.75, 3.05) is 6.61 Å². The molecule has 1 heterocycles. The lowest BCUT2D eigenvalue weighted by Gasteiger charge is -2.01. The van der Waals surface area contributed by atoms with Crippen molar-refractivity contribution in [1.82, 2.24) is 4.98 Å². The Morgan fingerprint density at radius 3 is 3.18 bits per heavy atom. The molecule has 0 amide bonds. The zero-order valence-electron chi connectivity index (χ0n) is 6.24. The molecule has 0 fully saturated rings. The van der Waals surface area contributed by atoms with E-state index in [-0.39, 0.29) is 0 Å². The summed E-state index contributed by atoms with van der Waals surface area (Å²) < 4.78 is 5.09. The Labute approximate surface area is 65.3 Å². The molecular formula is C8H8N2O. The maximum atomic E-state index is 8.58. The molecule has 0 aliphatic heterocycles. The van der Waals surface area contributed by atoms with E-state index in [0.717, 1.165) is 0 Å². The number of ether oxygens (including phenoxy) is 1. The van der Waals surface area contributed by atoms with Crippen LogP contribution in [0.1, 0.15) is 12.5 Å². The summed E-state index contributed by atoms with van der Waals surface area (Å²) >= 11 is 0. The molecule has 3 heteroatoms. The van der Waals surface area contributed by atoms with Crippen LogP contribution in [0, 0.1) is 11.3 Å². The van der Waals surface area contributed by atoms with Crippen LogP contribution in [0.25, 0.3) is 0 Å². The minimum Gasteiger partial charge on any atom is -0.477 e. The molecule has 0 bridgehead atoms.